The highest BCUT2D eigenvalue weighted by molar-refractivity contribution is 5.21. The molecule has 12 heavy (non-hydrogen) atoms. The van der Waals surface area contributed by atoms with Gasteiger partial charge in [0.1, 0.15) is 0 Å². The average Bonchev–Trinajstić information content (AvgIpc) is 2.06. The number of aromatic nitrogens is 4. The van der Waals surface area contributed by atoms with Crippen LogP contribution in [0, 0.1) is 0 Å². The Balaban J connectivity index is 2.71. The Kier molecular flexibility index (Phi) is 2.73. The molecular weight excluding hydrogens is 158 g/mol. The van der Waals surface area contributed by atoms with Crippen LogP contribution in [-0.2, 0) is 0 Å². The van der Waals surface area contributed by atoms with Crippen LogP contribution < -0.4 is 9.64 Å². The van der Waals surface area contributed by atoms with Crippen molar-refractivity contribution in [2.75, 3.05) is 25.6 Å². The van der Waals surface area contributed by atoms with Crippen molar-refractivity contribution in [2.24, 2.45) is 0 Å². The molecule has 6 nitrogen and oxygen atoms in total. The maximum absolute atomic E-state index is 4.97. The lowest BCUT2D eigenvalue weighted by Crippen LogP contribution is -2.15. The van der Waals surface area contributed by atoms with Gasteiger partial charge < -0.3 is 9.64 Å². The van der Waals surface area contributed by atoms with Crippen molar-refractivity contribution in [3.8, 4) is 6.01 Å². The fourth-order valence-corrected chi connectivity index (χ4v) is 0.581. The molecule has 1 rings (SSSR count). The standard InChI is InChI=1S/C6H11N5O/c1-4-12-6-9-7-5(8-10-6)11(2)3/h4H2,1-3H3. The maximum atomic E-state index is 4.97. The Morgan fingerprint density at radius 3 is 2.17 bits per heavy atom. The summed E-state index contributed by atoms with van der Waals surface area (Å²) in [5.74, 6) is 0.471. The lowest BCUT2D eigenvalue weighted by molar-refractivity contribution is 0.302. The van der Waals surface area contributed by atoms with Crippen molar-refractivity contribution in [2.45, 2.75) is 6.92 Å². The summed E-state index contributed by atoms with van der Waals surface area (Å²) in [4.78, 5) is 1.72. The molecule has 6 heteroatoms. The molecule has 0 aliphatic heterocycles. The zero-order valence-electron chi connectivity index (χ0n) is 7.35. The zero-order valence-corrected chi connectivity index (χ0v) is 7.35. The fraction of sp³-hybridized carbons (Fsp3) is 0.667. The van der Waals surface area contributed by atoms with E-state index in [0.717, 1.165) is 0 Å². The number of rotatable bonds is 3. The molecular formula is C6H11N5O. The molecule has 0 spiro atoms. The van der Waals surface area contributed by atoms with Gasteiger partial charge in [0.05, 0.1) is 6.61 Å². The first kappa shape index (κ1) is 8.63. The van der Waals surface area contributed by atoms with Gasteiger partial charge in [0, 0.05) is 14.1 Å². The van der Waals surface area contributed by atoms with Crippen molar-refractivity contribution in [1.29, 1.82) is 0 Å². The molecule has 1 aromatic rings. The molecule has 0 saturated carbocycles. The smallest absolute Gasteiger partial charge is 0.355 e. The molecule has 0 saturated heterocycles. The normalized spacial score (nSPS) is 9.58. The Labute approximate surface area is 70.6 Å². The van der Waals surface area contributed by atoms with Crippen LogP contribution in [0.15, 0.2) is 0 Å². The molecule has 0 unspecified atom stereocenters. The van der Waals surface area contributed by atoms with Gasteiger partial charge in [-0.3, -0.25) is 0 Å². The molecule has 0 N–H and O–H groups in total. The summed E-state index contributed by atoms with van der Waals surface area (Å²) < 4.78 is 4.97. The second-order valence-corrected chi connectivity index (χ2v) is 2.31. The van der Waals surface area contributed by atoms with Crippen LogP contribution in [0.5, 0.6) is 6.01 Å². The Bertz CT molecular complexity index is 234. The van der Waals surface area contributed by atoms with E-state index in [9.17, 15) is 0 Å². The summed E-state index contributed by atoms with van der Waals surface area (Å²) in [6.07, 6.45) is 0. The third-order valence-electron chi connectivity index (χ3n) is 1.12. The first-order valence-corrected chi connectivity index (χ1v) is 3.61. The van der Waals surface area contributed by atoms with Crippen LogP contribution in [-0.4, -0.2) is 41.1 Å². The van der Waals surface area contributed by atoms with Gasteiger partial charge in [-0.1, -0.05) is 10.2 Å². The summed E-state index contributed by atoms with van der Waals surface area (Å²) in [5, 5.41) is 15.0. The van der Waals surface area contributed by atoms with E-state index >= 15 is 0 Å². The van der Waals surface area contributed by atoms with Gasteiger partial charge in [-0.05, 0) is 6.92 Å². The van der Waals surface area contributed by atoms with Crippen LogP contribution in [0.3, 0.4) is 0 Å². The monoisotopic (exact) mass is 169 g/mol. The van der Waals surface area contributed by atoms with Crippen molar-refractivity contribution in [1.82, 2.24) is 20.4 Å². The van der Waals surface area contributed by atoms with E-state index in [2.05, 4.69) is 20.4 Å². The summed E-state index contributed by atoms with van der Waals surface area (Å²) in [6, 6.07) is 0.211. The fourth-order valence-electron chi connectivity index (χ4n) is 0.581. The quantitative estimate of drug-likeness (QED) is 0.620. The van der Waals surface area contributed by atoms with Gasteiger partial charge in [0.2, 0.25) is 0 Å². The minimum absolute atomic E-state index is 0.211. The van der Waals surface area contributed by atoms with Crippen molar-refractivity contribution >= 4 is 5.95 Å². The number of hydrogen-bond acceptors (Lipinski definition) is 6. The van der Waals surface area contributed by atoms with Crippen LogP contribution in [0.1, 0.15) is 6.92 Å². The highest BCUT2D eigenvalue weighted by Gasteiger charge is 2.01. The third kappa shape index (κ3) is 2.01. The highest BCUT2D eigenvalue weighted by atomic mass is 16.5. The predicted octanol–water partition coefficient (Wildman–Crippen LogP) is -0.269. The van der Waals surface area contributed by atoms with Crippen LogP contribution in [0.4, 0.5) is 5.95 Å². The van der Waals surface area contributed by atoms with Gasteiger partial charge in [0.15, 0.2) is 0 Å². The van der Waals surface area contributed by atoms with E-state index in [0.29, 0.717) is 12.6 Å². The molecule has 66 valence electrons. The van der Waals surface area contributed by atoms with Gasteiger partial charge >= 0.3 is 6.01 Å². The molecule has 0 atom stereocenters. The number of anilines is 1. The van der Waals surface area contributed by atoms with E-state index in [-0.39, 0.29) is 6.01 Å². The Morgan fingerprint density at radius 2 is 1.75 bits per heavy atom. The lowest BCUT2D eigenvalue weighted by atomic mass is 10.8. The summed E-state index contributed by atoms with van der Waals surface area (Å²) >= 11 is 0. The SMILES string of the molecule is CCOc1nnc(N(C)C)nn1. The Hall–Kier alpha value is -1.46. The zero-order chi connectivity index (χ0) is 8.97. The molecule has 0 aliphatic rings. The third-order valence-corrected chi connectivity index (χ3v) is 1.12. The Morgan fingerprint density at radius 1 is 1.17 bits per heavy atom. The highest BCUT2D eigenvalue weighted by Crippen LogP contribution is 2.00. The van der Waals surface area contributed by atoms with Crippen LogP contribution >= 0.6 is 0 Å². The molecule has 0 fully saturated rings. The second-order valence-electron chi connectivity index (χ2n) is 2.31. The van der Waals surface area contributed by atoms with E-state index in [1.165, 1.54) is 0 Å². The van der Waals surface area contributed by atoms with E-state index in [1.54, 1.807) is 4.90 Å². The van der Waals surface area contributed by atoms with E-state index < -0.39 is 0 Å². The minimum Gasteiger partial charge on any atom is -0.462 e. The first-order chi connectivity index (χ1) is 5.74. The van der Waals surface area contributed by atoms with Crippen molar-refractivity contribution < 1.29 is 4.74 Å². The molecule has 0 bridgehead atoms. The molecule has 0 aliphatic carbocycles. The summed E-state index contributed by atoms with van der Waals surface area (Å²) in [7, 11) is 3.64. The van der Waals surface area contributed by atoms with Gasteiger partial charge in [0.25, 0.3) is 5.95 Å². The van der Waals surface area contributed by atoms with Gasteiger partial charge in [-0.2, -0.15) is 0 Å². The minimum atomic E-state index is 0.211. The second kappa shape index (κ2) is 3.80. The topological polar surface area (TPSA) is 64.0 Å². The van der Waals surface area contributed by atoms with Crippen molar-refractivity contribution in [3.05, 3.63) is 0 Å². The molecule has 0 aromatic carbocycles. The summed E-state index contributed by atoms with van der Waals surface area (Å²) in [5.41, 5.74) is 0. The van der Waals surface area contributed by atoms with Crippen LogP contribution in [0.2, 0.25) is 0 Å². The molecule has 0 radical (unpaired) electrons. The van der Waals surface area contributed by atoms with Crippen LogP contribution in [0.25, 0.3) is 0 Å². The van der Waals surface area contributed by atoms with Gasteiger partial charge in [-0.25, -0.2) is 0 Å². The summed E-state index contributed by atoms with van der Waals surface area (Å²) in [6.45, 7) is 2.37. The average molecular weight is 169 g/mol. The number of nitrogens with zero attached hydrogens (tertiary/aromatic N) is 5. The van der Waals surface area contributed by atoms with Gasteiger partial charge in [-0.15, -0.1) is 10.2 Å². The van der Waals surface area contributed by atoms with Crippen molar-refractivity contribution in [3.63, 3.8) is 0 Å². The molecule has 1 aromatic heterocycles. The largest absolute Gasteiger partial charge is 0.462 e. The van der Waals surface area contributed by atoms with E-state index in [1.807, 2.05) is 21.0 Å². The predicted molar refractivity (Wildman–Crippen MR) is 43.1 cm³/mol. The number of hydrogen-bond donors (Lipinski definition) is 0. The first-order valence-electron chi connectivity index (χ1n) is 3.61. The lowest BCUT2D eigenvalue weighted by Gasteiger charge is -2.06. The molecule has 1 heterocycles. The molecule has 0 amide bonds. The number of ether oxygens (including phenoxy) is 1. The van der Waals surface area contributed by atoms with E-state index in [4.69, 9.17) is 4.74 Å². The maximum Gasteiger partial charge on any atom is 0.355 e.